The van der Waals surface area contributed by atoms with E-state index in [1.807, 2.05) is 5.32 Å². The first-order valence-corrected chi connectivity index (χ1v) is 5.12. The first-order valence-electron chi connectivity index (χ1n) is 5.12. The second-order valence-corrected chi connectivity index (χ2v) is 3.41. The number of amides is 2. The molecule has 1 aromatic carbocycles. The van der Waals surface area contributed by atoms with Crippen LogP contribution in [0.3, 0.4) is 0 Å². The summed E-state index contributed by atoms with van der Waals surface area (Å²) in [6.07, 6.45) is -1.38. The number of aliphatic hydroxyl groups is 1. The van der Waals surface area contributed by atoms with Gasteiger partial charge in [-0.2, -0.15) is 0 Å². The zero-order valence-electron chi connectivity index (χ0n) is 9.71. The van der Waals surface area contributed by atoms with Gasteiger partial charge in [0, 0.05) is 11.8 Å². The normalized spacial score (nSPS) is 11.4. The fraction of sp³-hybridized carbons (Fsp3) is 0.273. The Morgan fingerprint density at radius 3 is 2.72 bits per heavy atom. The van der Waals surface area contributed by atoms with Crippen LogP contribution < -0.4 is 15.4 Å². The number of hydrogen-bond donors (Lipinski definition) is 4. The fourth-order valence-corrected chi connectivity index (χ4v) is 1.27. The van der Waals surface area contributed by atoms with Crippen LogP contribution in [-0.2, 0) is 4.79 Å². The fourth-order valence-electron chi connectivity index (χ4n) is 1.27. The Morgan fingerprint density at radius 1 is 1.44 bits per heavy atom. The Kier molecular flexibility index (Phi) is 4.94. The molecule has 4 N–H and O–H groups in total. The molecule has 0 aliphatic heterocycles. The van der Waals surface area contributed by atoms with Gasteiger partial charge in [0.2, 0.25) is 5.91 Å². The Morgan fingerprint density at radius 2 is 2.17 bits per heavy atom. The number of benzene rings is 1. The molecule has 0 aromatic heterocycles. The van der Waals surface area contributed by atoms with Crippen molar-refractivity contribution in [1.29, 1.82) is 0 Å². The second kappa shape index (κ2) is 6.45. The SMILES string of the molecule is COc1cccc(NC(=O)C(CO)NC(=O)O)c1. The van der Waals surface area contributed by atoms with E-state index >= 15 is 0 Å². The highest BCUT2D eigenvalue weighted by atomic mass is 16.5. The third-order valence-electron chi connectivity index (χ3n) is 2.13. The van der Waals surface area contributed by atoms with Crippen LogP contribution in [0.15, 0.2) is 24.3 Å². The molecular weight excluding hydrogens is 240 g/mol. The van der Waals surface area contributed by atoms with Crippen LogP contribution >= 0.6 is 0 Å². The van der Waals surface area contributed by atoms with Crippen LogP contribution in [-0.4, -0.2) is 42.0 Å². The van der Waals surface area contributed by atoms with Crippen LogP contribution in [0.2, 0.25) is 0 Å². The van der Waals surface area contributed by atoms with Crippen molar-refractivity contribution in [2.75, 3.05) is 19.0 Å². The second-order valence-electron chi connectivity index (χ2n) is 3.41. The molecule has 7 nitrogen and oxygen atoms in total. The van der Waals surface area contributed by atoms with E-state index in [2.05, 4.69) is 5.32 Å². The van der Waals surface area contributed by atoms with Gasteiger partial charge in [0.25, 0.3) is 0 Å². The van der Waals surface area contributed by atoms with Crippen molar-refractivity contribution >= 4 is 17.7 Å². The zero-order valence-corrected chi connectivity index (χ0v) is 9.71. The molecule has 1 unspecified atom stereocenters. The summed E-state index contributed by atoms with van der Waals surface area (Å²) in [4.78, 5) is 22.0. The lowest BCUT2D eigenvalue weighted by atomic mass is 10.2. The number of ether oxygens (including phenoxy) is 1. The largest absolute Gasteiger partial charge is 0.497 e. The van der Waals surface area contributed by atoms with Crippen molar-refractivity contribution in [3.63, 3.8) is 0 Å². The highest BCUT2D eigenvalue weighted by Crippen LogP contribution is 2.16. The molecule has 18 heavy (non-hydrogen) atoms. The molecule has 0 aliphatic carbocycles. The van der Waals surface area contributed by atoms with Crippen molar-refractivity contribution in [3.8, 4) is 5.75 Å². The summed E-state index contributed by atoms with van der Waals surface area (Å²) < 4.78 is 4.98. The van der Waals surface area contributed by atoms with Crippen molar-refractivity contribution in [3.05, 3.63) is 24.3 Å². The predicted octanol–water partition coefficient (Wildman–Crippen LogP) is 0.262. The van der Waals surface area contributed by atoms with E-state index in [9.17, 15) is 9.59 Å². The van der Waals surface area contributed by atoms with Gasteiger partial charge >= 0.3 is 6.09 Å². The molecule has 1 atom stereocenters. The van der Waals surface area contributed by atoms with E-state index in [0.717, 1.165) is 0 Å². The van der Waals surface area contributed by atoms with E-state index in [4.69, 9.17) is 14.9 Å². The van der Waals surface area contributed by atoms with Crippen molar-refractivity contribution in [1.82, 2.24) is 5.32 Å². The van der Waals surface area contributed by atoms with E-state index in [1.165, 1.54) is 7.11 Å². The molecule has 2 amide bonds. The Balaban J connectivity index is 2.69. The topological polar surface area (TPSA) is 108 Å². The summed E-state index contributed by atoms with van der Waals surface area (Å²) in [6, 6.07) is 5.36. The number of carbonyl (C=O) groups excluding carboxylic acids is 1. The maximum Gasteiger partial charge on any atom is 0.405 e. The summed E-state index contributed by atoms with van der Waals surface area (Å²) in [5, 5.41) is 21.8. The summed E-state index contributed by atoms with van der Waals surface area (Å²) in [6.45, 7) is -0.623. The molecule has 0 spiro atoms. The lowest BCUT2D eigenvalue weighted by Gasteiger charge is -2.14. The van der Waals surface area contributed by atoms with Gasteiger partial charge in [0.05, 0.1) is 13.7 Å². The lowest BCUT2D eigenvalue weighted by molar-refractivity contribution is -0.118. The van der Waals surface area contributed by atoms with Crippen LogP contribution in [0.5, 0.6) is 5.75 Å². The van der Waals surface area contributed by atoms with Crippen LogP contribution in [0.4, 0.5) is 10.5 Å². The van der Waals surface area contributed by atoms with Gasteiger partial charge in [0.15, 0.2) is 0 Å². The highest BCUT2D eigenvalue weighted by molar-refractivity contribution is 5.96. The van der Waals surface area contributed by atoms with Gasteiger partial charge in [-0.1, -0.05) is 6.07 Å². The monoisotopic (exact) mass is 254 g/mol. The van der Waals surface area contributed by atoms with Crippen molar-refractivity contribution < 1.29 is 24.5 Å². The number of rotatable bonds is 5. The Hall–Kier alpha value is -2.28. The minimum absolute atomic E-state index is 0.449. The Bertz CT molecular complexity index is 435. The average molecular weight is 254 g/mol. The predicted molar refractivity (Wildman–Crippen MR) is 63.7 cm³/mol. The molecule has 0 aliphatic rings. The average Bonchev–Trinajstić information content (AvgIpc) is 2.35. The van der Waals surface area contributed by atoms with E-state index in [1.54, 1.807) is 24.3 Å². The number of carbonyl (C=O) groups is 2. The maximum atomic E-state index is 11.6. The van der Waals surface area contributed by atoms with Crippen LogP contribution in [0, 0.1) is 0 Å². The first-order chi connectivity index (χ1) is 8.56. The van der Waals surface area contributed by atoms with E-state index in [-0.39, 0.29) is 0 Å². The van der Waals surface area contributed by atoms with Gasteiger partial charge in [-0.15, -0.1) is 0 Å². The number of anilines is 1. The minimum atomic E-state index is -1.38. The molecule has 1 rings (SSSR count). The summed E-state index contributed by atoms with van der Waals surface area (Å²) in [5.41, 5.74) is 0.449. The molecule has 0 heterocycles. The Labute approximate surface area is 103 Å². The zero-order chi connectivity index (χ0) is 13.5. The third-order valence-corrected chi connectivity index (χ3v) is 2.13. The number of hydrogen-bond acceptors (Lipinski definition) is 4. The third kappa shape index (κ3) is 3.95. The summed E-state index contributed by atoms with van der Waals surface area (Å²) in [7, 11) is 1.49. The number of aliphatic hydroxyl groups excluding tert-OH is 1. The van der Waals surface area contributed by atoms with Gasteiger partial charge in [-0.05, 0) is 12.1 Å². The number of carboxylic acid groups (broad SMARTS) is 1. The summed E-state index contributed by atoms with van der Waals surface area (Å²) >= 11 is 0. The van der Waals surface area contributed by atoms with E-state index in [0.29, 0.717) is 11.4 Å². The smallest absolute Gasteiger partial charge is 0.405 e. The molecule has 0 saturated heterocycles. The molecule has 0 bridgehead atoms. The standard InChI is InChI=1S/C11H14N2O5/c1-18-8-4-2-3-7(5-8)12-10(15)9(6-14)13-11(16)17/h2-5,9,13-14H,6H2,1H3,(H,12,15)(H,16,17). The number of nitrogens with one attached hydrogen (secondary N) is 2. The van der Waals surface area contributed by atoms with Gasteiger partial charge < -0.3 is 25.6 Å². The molecule has 98 valence electrons. The molecule has 0 saturated carbocycles. The molecular formula is C11H14N2O5. The first kappa shape index (κ1) is 13.8. The molecule has 0 fully saturated rings. The molecule has 7 heteroatoms. The number of methoxy groups -OCH3 is 1. The van der Waals surface area contributed by atoms with Gasteiger partial charge in [0.1, 0.15) is 11.8 Å². The van der Waals surface area contributed by atoms with Crippen LogP contribution in [0.1, 0.15) is 0 Å². The lowest BCUT2D eigenvalue weighted by Crippen LogP contribution is -2.45. The van der Waals surface area contributed by atoms with Gasteiger partial charge in [-0.3, -0.25) is 4.79 Å². The van der Waals surface area contributed by atoms with Crippen molar-refractivity contribution in [2.45, 2.75) is 6.04 Å². The minimum Gasteiger partial charge on any atom is -0.497 e. The quantitative estimate of drug-likeness (QED) is 0.603. The van der Waals surface area contributed by atoms with E-state index < -0.39 is 24.6 Å². The molecule has 0 radical (unpaired) electrons. The summed E-state index contributed by atoms with van der Waals surface area (Å²) in [5.74, 6) is -0.0901. The highest BCUT2D eigenvalue weighted by Gasteiger charge is 2.19. The van der Waals surface area contributed by atoms with Crippen LogP contribution in [0.25, 0.3) is 0 Å². The molecule has 1 aromatic rings. The van der Waals surface area contributed by atoms with Crippen molar-refractivity contribution in [2.24, 2.45) is 0 Å². The van der Waals surface area contributed by atoms with Gasteiger partial charge in [-0.25, -0.2) is 4.79 Å². The maximum absolute atomic E-state index is 11.6.